The summed E-state index contributed by atoms with van der Waals surface area (Å²) in [6.45, 7) is -0.437. The van der Waals surface area contributed by atoms with Crippen LogP contribution in [0, 0.1) is 23.3 Å². The lowest BCUT2D eigenvalue weighted by atomic mass is 10.2. The van der Waals surface area contributed by atoms with Crippen LogP contribution in [0.15, 0.2) is 41.3 Å². The fourth-order valence-electron chi connectivity index (χ4n) is 1.59. The van der Waals surface area contributed by atoms with Crippen molar-refractivity contribution in [3.8, 4) is 0 Å². The summed E-state index contributed by atoms with van der Waals surface area (Å²) in [4.78, 5) is -0.202. The summed E-state index contributed by atoms with van der Waals surface area (Å²) in [5, 5.41) is 0. The van der Waals surface area contributed by atoms with E-state index in [0.717, 1.165) is 24.3 Å². The molecule has 0 aromatic heterocycles. The Morgan fingerprint density at radius 3 is 1.95 bits per heavy atom. The maximum Gasteiger partial charge on any atom is 0.240 e. The molecular weight excluding hydrogens is 310 g/mol. The Hall–Kier alpha value is -1.93. The standard InChI is InChI=1S/C13H9F4NO2S/c14-9-1-3-10(4-2-9)21(19,20)18-7-8-5-11(15)13(17)12(16)6-8/h1-6,18H,7H2. The highest BCUT2D eigenvalue weighted by atomic mass is 32.2. The van der Waals surface area contributed by atoms with Crippen molar-refractivity contribution in [3.05, 3.63) is 65.2 Å². The zero-order chi connectivity index (χ0) is 15.6. The number of benzene rings is 2. The first-order chi connectivity index (χ1) is 9.79. The van der Waals surface area contributed by atoms with Gasteiger partial charge in [-0.2, -0.15) is 0 Å². The predicted octanol–water partition coefficient (Wildman–Crippen LogP) is 2.72. The first-order valence-electron chi connectivity index (χ1n) is 5.68. The molecule has 0 spiro atoms. The Bertz CT molecular complexity index is 737. The molecule has 0 bridgehead atoms. The highest BCUT2D eigenvalue weighted by Gasteiger charge is 2.15. The second kappa shape index (κ2) is 5.82. The fraction of sp³-hybridized carbons (Fsp3) is 0.0769. The van der Waals surface area contributed by atoms with E-state index in [1.807, 2.05) is 0 Å². The Labute approximate surface area is 118 Å². The lowest BCUT2D eigenvalue weighted by Gasteiger charge is -2.07. The molecule has 0 saturated carbocycles. The number of hydrogen-bond donors (Lipinski definition) is 1. The first kappa shape index (κ1) is 15.5. The average molecular weight is 319 g/mol. The molecule has 1 N–H and O–H groups in total. The van der Waals surface area contributed by atoms with Crippen molar-refractivity contribution < 1.29 is 26.0 Å². The molecular formula is C13H9F4NO2S. The van der Waals surface area contributed by atoms with Crippen molar-refractivity contribution in [2.75, 3.05) is 0 Å². The highest BCUT2D eigenvalue weighted by molar-refractivity contribution is 7.89. The van der Waals surface area contributed by atoms with Gasteiger partial charge in [-0.15, -0.1) is 0 Å². The van der Waals surface area contributed by atoms with Crippen LogP contribution in [0.2, 0.25) is 0 Å². The van der Waals surface area contributed by atoms with Crippen molar-refractivity contribution in [2.24, 2.45) is 0 Å². The molecule has 0 radical (unpaired) electrons. The second-order valence-corrected chi connectivity index (χ2v) is 5.92. The summed E-state index contributed by atoms with van der Waals surface area (Å²) in [6.07, 6.45) is 0. The Balaban J connectivity index is 2.17. The quantitative estimate of drug-likeness (QED) is 0.696. The largest absolute Gasteiger partial charge is 0.240 e. The van der Waals surface area contributed by atoms with Gasteiger partial charge in [-0.05, 0) is 42.0 Å². The van der Waals surface area contributed by atoms with Crippen molar-refractivity contribution in [1.82, 2.24) is 4.72 Å². The zero-order valence-electron chi connectivity index (χ0n) is 10.4. The molecule has 0 aliphatic rings. The third-order valence-corrected chi connectivity index (χ3v) is 4.05. The van der Waals surface area contributed by atoms with E-state index in [2.05, 4.69) is 4.72 Å². The Morgan fingerprint density at radius 2 is 1.43 bits per heavy atom. The van der Waals surface area contributed by atoms with Crippen LogP contribution in [0.3, 0.4) is 0 Å². The monoisotopic (exact) mass is 319 g/mol. The van der Waals surface area contributed by atoms with Crippen LogP contribution in [0.5, 0.6) is 0 Å². The van der Waals surface area contributed by atoms with Gasteiger partial charge in [0.15, 0.2) is 17.5 Å². The van der Waals surface area contributed by atoms with Crippen LogP contribution in [0.4, 0.5) is 17.6 Å². The molecule has 112 valence electrons. The minimum absolute atomic E-state index is 0.0860. The van der Waals surface area contributed by atoms with E-state index < -0.39 is 39.8 Å². The zero-order valence-corrected chi connectivity index (χ0v) is 11.2. The van der Waals surface area contributed by atoms with Gasteiger partial charge in [-0.25, -0.2) is 30.7 Å². The van der Waals surface area contributed by atoms with Crippen LogP contribution in [0.25, 0.3) is 0 Å². The van der Waals surface area contributed by atoms with Gasteiger partial charge < -0.3 is 0 Å². The van der Waals surface area contributed by atoms with E-state index in [1.165, 1.54) is 0 Å². The molecule has 0 fully saturated rings. The Kier molecular flexibility index (Phi) is 4.29. The Morgan fingerprint density at radius 1 is 0.905 bits per heavy atom. The predicted molar refractivity (Wildman–Crippen MR) is 66.7 cm³/mol. The number of rotatable bonds is 4. The fourth-order valence-corrected chi connectivity index (χ4v) is 2.60. The van der Waals surface area contributed by atoms with E-state index in [-0.39, 0.29) is 10.5 Å². The van der Waals surface area contributed by atoms with Crippen LogP contribution < -0.4 is 4.72 Å². The molecule has 0 unspecified atom stereocenters. The molecule has 2 rings (SSSR count). The summed E-state index contributed by atoms with van der Waals surface area (Å²) in [5.41, 5.74) is -0.0860. The maximum absolute atomic E-state index is 13.0. The van der Waals surface area contributed by atoms with E-state index >= 15 is 0 Å². The number of nitrogens with one attached hydrogen (secondary N) is 1. The molecule has 0 saturated heterocycles. The normalized spacial score (nSPS) is 11.6. The average Bonchev–Trinajstić information content (AvgIpc) is 2.43. The molecule has 0 heterocycles. The van der Waals surface area contributed by atoms with Crippen molar-refractivity contribution in [3.63, 3.8) is 0 Å². The van der Waals surface area contributed by atoms with E-state index in [9.17, 15) is 26.0 Å². The topological polar surface area (TPSA) is 46.2 Å². The third kappa shape index (κ3) is 3.59. The summed E-state index contributed by atoms with van der Waals surface area (Å²) >= 11 is 0. The van der Waals surface area contributed by atoms with E-state index in [1.54, 1.807) is 0 Å². The van der Waals surface area contributed by atoms with Gasteiger partial charge in [0.05, 0.1) is 4.90 Å². The van der Waals surface area contributed by atoms with E-state index in [0.29, 0.717) is 12.1 Å². The van der Waals surface area contributed by atoms with Crippen molar-refractivity contribution >= 4 is 10.0 Å². The molecule has 3 nitrogen and oxygen atoms in total. The van der Waals surface area contributed by atoms with Gasteiger partial charge >= 0.3 is 0 Å². The van der Waals surface area contributed by atoms with Gasteiger partial charge in [-0.3, -0.25) is 0 Å². The third-order valence-electron chi connectivity index (χ3n) is 2.63. The second-order valence-electron chi connectivity index (χ2n) is 4.15. The summed E-state index contributed by atoms with van der Waals surface area (Å²) in [6, 6.07) is 5.39. The maximum atomic E-state index is 13.0. The molecule has 0 aliphatic carbocycles. The van der Waals surface area contributed by atoms with Crippen LogP contribution >= 0.6 is 0 Å². The minimum Gasteiger partial charge on any atom is -0.207 e. The van der Waals surface area contributed by atoms with Crippen molar-refractivity contribution in [1.29, 1.82) is 0 Å². The van der Waals surface area contributed by atoms with Gasteiger partial charge in [0.2, 0.25) is 10.0 Å². The van der Waals surface area contributed by atoms with Gasteiger partial charge in [0.25, 0.3) is 0 Å². The SMILES string of the molecule is O=S(=O)(NCc1cc(F)c(F)c(F)c1)c1ccc(F)cc1. The van der Waals surface area contributed by atoms with Crippen LogP contribution in [0.1, 0.15) is 5.56 Å². The number of hydrogen-bond acceptors (Lipinski definition) is 2. The summed E-state index contributed by atoms with van der Waals surface area (Å²) in [7, 11) is -3.97. The molecule has 0 aliphatic heterocycles. The molecule has 2 aromatic carbocycles. The van der Waals surface area contributed by atoms with Crippen LogP contribution in [-0.4, -0.2) is 8.42 Å². The van der Waals surface area contributed by atoms with E-state index in [4.69, 9.17) is 0 Å². The van der Waals surface area contributed by atoms with Crippen molar-refractivity contribution in [2.45, 2.75) is 11.4 Å². The highest BCUT2D eigenvalue weighted by Crippen LogP contribution is 2.15. The lowest BCUT2D eigenvalue weighted by Crippen LogP contribution is -2.23. The van der Waals surface area contributed by atoms with Gasteiger partial charge in [0, 0.05) is 6.54 Å². The summed E-state index contributed by atoms with van der Waals surface area (Å²) < 4.78 is 77.3. The molecule has 0 atom stereocenters. The molecule has 21 heavy (non-hydrogen) atoms. The van der Waals surface area contributed by atoms with Gasteiger partial charge in [0.1, 0.15) is 5.82 Å². The lowest BCUT2D eigenvalue weighted by molar-refractivity contribution is 0.445. The first-order valence-corrected chi connectivity index (χ1v) is 7.16. The molecule has 8 heteroatoms. The molecule has 0 amide bonds. The number of halogens is 4. The summed E-state index contributed by atoms with van der Waals surface area (Å²) in [5.74, 6) is -5.05. The smallest absolute Gasteiger partial charge is 0.207 e. The van der Waals surface area contributed by atoms with Gasteiger partial charge in [-0.1, -0.05) is 0 Å². The van der Waals surface area contributed by atoms with Crippen LogP contribution in [-0.2, 0) is 16.6 Å². The molecule has 2 aromatic rings. The number of sulfonamides is 1. The minimum atomic E-state index is -3.97.